The number of hydrogen-bond acceptors (Lipinski definition) is 3. The number of rotatable bonds is 7. The van der Waals surface area contributed by atoms with Gasteiger partial charge >= 0.3 is 0 Å². The van der Waals surface area contributed by atoms with E-state index in [1.54, 1.807) is 0 Å². The summed E-state index contributed by atoms with van der Waals surface area (Å²) in [6.45, 7) is 11.1. The molecule has 0 aromatic heterocycles. The number of hydrogen-bond donors (Lipinski definition) is 2. The molecule has 0 aliphatic carbocycles. The van der Waals surface area contributed by atoms with E-state index in [-0.39, 0.29) is 24.2 Å². The van der Waals surface area contributed by atoms with Crippen molar-refractivity contribution in [2.24, 2.45) is 0 Å². The van der Waals surface area contributed by atoms with Crippen molar-refractivity contribution in [2.45, 2.75) is 52.7 Å². The van der Waals surface area contributed by atoms with Crippen LogP contribution in [0.2, 0.25) is 0 Å². The Morgan fingerprint density at radius 3 is 2.57 bits per heavy atom. The van der Waals surface area contributed by atoms with E-state index >= 15 is 0 Å². The molecule has 0 aliphatic heterocycles. The summed E-state index contributed by atoms with van der Waals surface area (Å²) in [5.41, 5.74) is 1.62. The fraction of sp³-hybridized carbons (Fsp3) is 0.588. The van der Waals surface area contributed by atoms with Crippen molar-refractivity contribution in [1.82, 2.24) is 5.32 Å². The fourth-order valence-corrected chi connectivity index (χ4v) is 1.93. The molecule has 0 radical (unpaired) electrons. The predicted octanol–water partition coefficient (Wildman–Crippen LogP) is 3.50. The lowest BCUT2D eigenvalue weighted by molar-refractivity contribution is -0.125. The molecular formula is C17H28N2O2. The van der Waals surface area contributed by atoms with Gasteiger partial charge in [0.25, 0.3) is 0 Å². The van der Waals surface area contributed by atoms with Gasteiger partial charge in [0.1, 0.15) is 6.61 Å². The highest BCUT2D eigenvalue weighted by molar-refractivity contribution is 5.92. The average molecular weight is 292 g/mol. The summed E-state index contributed by atoms with van der Waals surface area (Å²) in [4.78, 5) is 12.0. The molecule has 0 bridgehead atoms. The smallest absolute Gasteiger partial charge is 0.250 e. The van der Waals surface area contributed by atoms with Crippen LogP contribution in [0.25, 0.3) is 0 Å². The van der Waals surface area contributed by atoms with Gasteiger partial charge in [-0.3, -0.25) is 4.79 Å². The largest absolute Gasteiger partial charge is 0.366 e. The van der Waals surface area contributed by atoms with Gasteiger partial charge < -0.3 is 15.4 Å². The molecule has 0 saturated heterocycles. The second kappa shape index (κ2) is 8.15. The Morgan fingerprint density at radius 1 is 1.29 bits per heavy atom. The van der Waals surface area contributed by atoms with Gasteiger partial charge in [-0.05, 0) is 52.3 Å². The molecule has 21 heavy (non-hydrogen) atoms. The quantitative estimate of drug-likeness (QED) is 0.808. The molecule has 0 spiro atoms. The lowest BCUT2D eigenvalue weighted by Crippen LogP contribution is -2.28. The number of amides is 1. The van der Waals surface area contributed by atoms with Gasteiger partial charge in [0.15, 0.2) is 0 Å². The lowest BCUT2D eigenvalue weighted by atomic mass is 10.1. The minimum Gasteiger partial charge on any atom is -0.366 e. The molecule has 4 nitrogen and oxygen atoms in total. The molecule has 1 aromatic carbocycles. The Bertz CT molecular complexity index is 452. The molecule has 0 aliphatic rings. The number of benzene rings is 1. The van der Waals surface area contributed by atoms with Crippen LogP contribution in [0.5, 0.6) is 0 Å². The molecular weight excluding hydrogens is 264 g/mol. The lowest BCUT2D eigenvalue weighted by Gasteiger charge is -2.21. The molecule has 1 amide bonds. The first-order chi connectivity index (χ1) is 9.83. The summed E-state index contributed by atoms with van der Waals surface area (Å²) in [6, 6.07) is 8.07. The number of para-hydroxylation sites is 1. The molecule has 1 aromatic rings. The number of anilines is 1. The number of nitrogens with one attached hydrogen (secondary N) is 2. The van der Waals surface area contributed by atoms with E-state index in [0.717, 1.165) is 24.2 Å². The van der Waals surface area contributed by atoms with Gasteiger partial charge in [0.05, 0.1) is 5.60 Å². The van der Waals surface area contributed by atoms with Crippen molar-refractivity contribution in [3.63, 3.8) is 0 Å². The fourth-order valence-electron chi connectivity index (χ4n) is 1.93. The third-order valence-corrected chi connectivity index (χ3v) is 3.04. The molecule has 4 heteroatoms. The van der Waals surface area contributed by atoms with Gasteiger partial charge in [0, 0.05) is 11.7 Å². The zero-order valence-electron chi connectivity index (χ0n) is 13.8. The summed E-state index contributed by atoms with van der Waals surface area (Å²) in [7, 11) is 0. The molecule has 0 heterocycles. The van der Waals surface area contributed by atoms with E-state index < -0.39 is 0 Å². The first kappa shape index (κ1) is 17.7. The van der Waals surface area contributed by atoms with Crippen molar-refractivity contribution in [2.75, 3.05) is 18.5 Å². The van der Waals surface area contributed by atoms with E-state index in [1.165, 1.54) is 0 Å². The Morgan fingerprint density at radius 2 is 1.95 bits per heavy atom. The maximum Gasteiger partial charge on any atom is 0.250 e. The Kier molecular flexibility index (Phi) is 6.85. The summed E-state index contributed by atoms with van der Waals surface area (Å²) >= 11 is 0. The van der Waals surface area contributed by atoms with Crippen molar-refractivity contribution in [3.8, 4) is 0 Å². The van der Waals surface area contributed by atoms with Crippen molar-refractivity contribution in [3.05, 3.63) is 29.8 Å². The summed E-state index contributed by atoms with van der Waals surface area (Å²) in [5, 5.41) is 6.37. The normalized spacial score (nSPS) is 13.0. The third-order valence-electron chi connectivity index (χ3n) is 3.04. The number of ether oxygens (including phenoxy) is 1. The molecule has 2 N–H and O–H groups in total. The molecule has 1 rings (SSSR count). The molecule has 1 unspecified atom stereocenters. The Hall–Kier alpha value is -1.39. The van der Waals surface area contributed by atoms with Crippen LogP contribution < -0.4 is 10.6 Å². The molecule has 0 saturated carbocycles. The maximum absolute atomic E-state index is 12.0. The topological polar surface area (TPSA) is 50.4 Å². The van der Waals surface area contributed by atoms with Gasteiger partial charge in [-0.15, -0.1) is 0 Å². The Labute approximate surface area is 128 Å². The summed E-state index contributed by atoms with van der Waals surface area (Å²) < 4.78 is 5.50. The molecule has 0 fully saturated rings. The zero-order chi connectivity index (χ0) is 15.9. The van der Waals surface area contributed by atoms with E-state index in [9.17, 15) is 4.79 Å². The van der Waals surface area contributed by atoms with Crippen LogP contribution in [0.1, 0.15) is 52.6 Å². The molecule has 118 valence electrons. The average Bonchev–Trinajstić information content (AvgIpc) is 2.42. The second-order valence-electron chi connectivity index (χ2n) is 6.21. The summed E-state index contributed by atoms with van der Waals surface area (Å²) in [6.07, 6.45) is 1.08. The van der Waals surface area contributed by atoms with Gasteiger partial charge in [-0.1, -0.05) is 25.1 Å². The van der Waals surface area contributed by atoms with Crippen molar-refractivity contribution < 1.29 is 9.53 Å². The first-order valence-electron chi connectivity index (χ1n) is 7.59. The number of carbonyl (C=O) groups excluding carboxylic acids is 1. The first-order valence-corrected chi connectivity index (χ1v) is 7.59. The minimum absolute atomic E-state index is 0.0641. The maximum atomic E-state index is 12.0. The molecule has 1 atom stereocenters. The van der Waals surface area contributed by atoms with E-state index in [0.29, 0.717) is 0 Å². The van der Waals surface area contributed by atoms with Crippen LogP contribution in [-0.2, 0) is 9.53 Å². The third kappa shape index (κ3) is 6.74. The monoisotopic (exact) mass is 292 g/mol. The zero-order valence-corrected chi connectivity index (χ0v) is 13.8. The van der Waals surface area contributed by atoms with E-state index in [4.69, 9.17) is 4.74 Å². The van der Waals surface area contributed by atoms with E-state index in [2.05, 4.69) is 24.5 Å². The van der Waals surface area contributed by atoms with Crippen LogP contribution in [0, 0.1) is 0 Å². The number of carbonyl (C=O) groups is 1. The second-order valence-corrected chi connectivity index (χ2v) is 6.21. The predicted molar refractivity (Wildman–Crippen MR) is 87.5 cm³/mol. The standard InChI is InChI=1S/C17H28N2O2/c1-6-11-18-13(2)14-9-7-8-10-15(14)19-16(20)12-21-17(3,4)5/h7-10,13,18H,6,11-12H2,1-5H3,(H,19,20). The minimum atomic E-state index is -0.313. The van der Waals surface area contributed by atoms with Gasteiger partial charge in [-0.25, -0.2) is 0 Å². The van der Waals surface area contributed by atoms with Gasteiger partial charge in [-0.2, -0.15) is 0 Å². The van der Waals surface area contributed by atoms with Crippen LogP contribution in [0.15, 0.2) is 24.3 Å². The van der Waals surface area contributed by atoms with Crippen LogP contribution >= 0.6 is 0 Å². The summed E-state index contributed by atoms with van der Waals surface area (Å²) in [5.74, 6) is -0.125. The van der Waals surface area contributed by atoms with Crippen LogP contribution in [-0.4, -0.2) is 24.7 Å². The Balaban J connectivity index is 2.68. The highest BCUT2D eigenvalue weighted by Crippen LogP contribution is 2.22. The highest BCUT2D eigenvalue weighted by Gasteiger charge is 2.15. The van der Waals surface area contributed by atoms with Crippen molar-refractivity contribution in [1.29, 1.82) is 0 Å². The van der Waals surface area contributed by atoms with Gasteiger partial charge in [0.2, 0.25) is 5.91 Å². The van der Waals surface area contributed by atoms with Crippen LogP contribution in [0.4, 0.5) is 5.69 Å². The highest BCUT2D eigenvalue weighted by atomic mass is 16.5. The van der Waals surface area contributed by atoms with E-state index in [1.807, 2.05) is 45.0 Å². The SMILES string of the molecule is CCCNC(C)c1ccccc1NC(=O)COC(C)(C)C. The van der Waals surface area contributed by atoms with Crippen LogP contribution in [0.3, 0.4) is 0 Å². The van der Waals surface area contributed by atoms with Crippen molar-refractivity contribution >= 4 is 11.6 Å².